The van der Waals surface area contributed by atoms with Gasteiger partial charge in [-0.25, -0.2) is 9.37 Å². The van der Waals surface area contributed by atoms with Crippen LogP contribution in [0.15, 0.2) is 47.4 Å². The van der Waals surface area contributed by atoms with Crippen LogP contribution in [0.4, 0.5) is 10.2 Å². The summed E-state index contributed by atoms with van der Waals surface area (Å²) in [4.78, 5) is 21.9. The molecule has 1 aromatic carbocycles. The van der Waals surface area contributed by atoms with E-state index < -0.39 is 11.4 Å². The summed E-state index contributed by atoms with van der Waals surface area (Å²) in [7, 11) is 0. The molecule has 4 heterocycles. The fourth-order valence-electron chi connectivity index (χ4n) is 4.14. The molecule has 5 rings (SSSR count). The zero-order valence-corrected chi connectivity index (χ0v) is 18.0. The molecule has 1 aliphatic heterocycles. The van der Waals surface area contributed by atoms with Crippen LogP contribution in [0.2, 0.25) is 0 Å². The summed E-state index contributed by atoms with van der Waals surface area (Å²) < 4.78 is 15.6. The van der Waals surface area contributed by atoms with E-state index in [0.717, 1.165) is 48.8 Å². The highest BCUT2D eigenvalue weighted by molar-refractivity contribution is 5.89. The number of nitrogens with one attached hydrogen (secondary N) is 1. The van der Waals surface area contributed by atoms with Gasteiger partial charge in [0.1, 0.15) is 28.5 Å². The van der Waals surface area contributed by atoms with Crippen molar-refractivity contribution in [2.75, 3.05) is 37.6 Å². The van der Waals surface area contributed by atoms with E-state index in [4.69, 9.17) is 0 Å². The second-order valence-electron chi connectivity index (χ2n) is 7.96. The van der Waals surface area contributed by atoms with Crippen molar-refractivity contribution >= 4 is 16.9 Å². The largest absolute Gasteiger partial charge is 0.354 e. The molecule has 0 saturated carbocycles. The Kier molecular flexibility index (Phi) is 5.18. The second-order valence-corrected chi connectivity index (χ2v) is 7.96. The van der Waals surface area contributed by atoms with Gasteiger partial charge in [0.25, 0.3) is 5.56 Å². The molecule has 3 aromatic heterocycles. The highest BCUT2D eigenvalue weighted by Gasteiger charge is 2.19. The van der Waals surface area contributed by atoms with Gasteiger partial charge >= 0.3 is 0 Å². The van der Waals surface area contributed by atoms with E-state index in [1.165, 1.54) is 12.1 Å². The van der Waals surface area contributed by atoms with E-state index in [-0.39, 0.29) is 5.69 Å². The molecule has 0 bridgehead atoms. The summed E-state index contributed by atoms with van der Waals surface area (Å²) in [6.07, 6.45) is 1.77. The smallest absolute Gasteiger partial charge is 0.273 e. The average Bonchev–Trinajstić information content (AvgIpc) is 3.22. The second kappa shape index (κ2) is 8.16. The summed E-state index contributed by atoms with van der Waals surface area (Å²) in [6, 6.07) is 10.00. The van der Waals surface area contributed by atoms with Crippen molar-refractivity contribution in [1.29, 1.82) is 0 Å². The Labute approximate surface area is 184 Å². The molecule has 8 nitrogen and oxygen atoms in total. The molecular formula is C23H24FN7O. The van der Waals surface area contributed by atoms with Crippen molar-refractivity contribution in [1.82, 2.24) is 29.9 Å². The third-order valence-corrected chi connectivity index (χ3v) is 6.01. The van der Waals surface area contributed by atoms with Crippen LogP contribution in [-0.4, -0.2) is 62.6 Å². The lowest BCUT2D eigenvalue weighted by Gasteiger charge is -2.34. The molecule has 1 saturated heterocycles. The van der Waals surface area contributed by atoms with Gasteiger partial charge in [0, 0.05) is 44.0 Å². The lowest BCUT2D eigenvalue weighted by Crippen LogP contribution is -2.46. The first kappa shape index (κ1) is 20.3. The van der Waals surface area contributed by atoms with Crippen LogP contribution in [0.25, 0.3) is 28.0 Å². The van der Waals surface area contributed by atoms with E-state index in [2.05, 4.69) is 37.0 Å². The predicted octanol–water partition coefficient (Wildman–Crippen LogP) is 2.76. The van der Waals surface area contributed by atoms with Crippen LogP contribution in [0.5, 0.6) is 0 Å². The number of anilines is 1. The van der Waals surface area contributed by atoms with Crippen molar-refractivity contribution < 1.29 is 4.39 Å². The summed E-state index contributed by atoms with van der Waals surface area (Å²) in [6.45, 7) is 8.94. The number of halogens is 1. The van der Waals surface area contributed by atoms with Crippen molar-refractivity contribution in [2.24, 2.45) is 0 Å². The van der Waals surface area contributed by atoms with E-state index in [1.54, 1.807) is 25.3 Å². The standard InChI is InChI=1S/C23H24FN7O/c1-3-29-9-11-30(12-10-29)19-8-7-16(14-25-19)21-22-18(26-27-21)13-20(32)31(28-22)23-15(2)5-4-6-17(23)24/h4-8,13-14,26H,3,9-12H2,1-2H3. The molecule has 0 radical (unpaired) electrons. The molecule has 32 heavy (non-hydrogen) atoms. The van der Waals surface area contributed by atoms with Gasteiger partial charge in [-0.1, -0.05) is 19.1 Å². The number of piperazine rings is 1. The molecule has 164 valence electrons. The maximum absolute atomic E-state index is 14.5. The molecule has 0 amide bonds. The zero-order chi connectivity index (χ0) is 22.2. The summed E-state index contributed by atoms with van der Waals surface area (Å²) in [5.74, 6) is 0.425. The van der Waals surface area contributed by atoms with Crippen LogP contribution in [0, 0.1) is 12.7 Å². The highest BCUT2D eigenvalue weighted by atomic mass is 19.1. The number of H-pyrrole nitrogens is 1. The number of aryl methyl sites for hydroxylation is 1. The van der Waals surface area contributed by atoms with Crippen molar-refractivity contribution in [3.05, 3.63) is 64.3 Å². The Bertz CT molecular complexity index is 1300. The molecule has 0 atom stereocenters. The number of rotatable bonds is 4. The van der Waals surface area contributed by atoms with E-state index in [0.29, 0.717) is 22.3 Å². The quantitative estimate of drug-likeness (QED) is 0.533. The Hall–Kier alpha value is -3.59. The Morgan fingerprint density at radius 3 is 2.62 bits per heavy atom. The summed E-state index contributed by atoms with van der Waals surface area (Å²) >= 11 is 0. The van der Waals surface area contributed by atoms with Crippen LogP contribution < -0.4 is 10.5 Å². The van der Waals surface area contributed by atoms with Gasteiger partial charge in [-0.05, 0) is 37.2 Å². The molecule has 1 fully saturated rings. The third kappa shape index (κ3) is 3.54. The first-order chi connectivity index (χ1) is 15.5. The maximum Gasteiger partial charge on any atom is 0.273 e. The number of aromatic nitrogens is 5. The lowest BCUT2D eigenvalue weighted by molar-refractivity contribution is 0.270. The van der Waals surface area contributed by atoms with Gasteiger partial charge < -0.3 is 9.80 Å². The maximum atomic E-state index is 14.5. The van der Waals surface area contributed by atoms with Crippen molar-refractivity contribution in [3.63, 3.8) is 0 Å². The number of nitrogens with zero attached hydrogens (tertiary/aromatic N) is 6. The Morgan fingerprint density at radius 2 is 1.94 bits per heavy atom. The van der Waals surface area contributed by atoms with Gasteiger partial charge in [0.15, 0.2) is 0 Å². The molecule has 9 heteroatoms. The SMILES string of the molecule is CCN1CCN(c2ccc(-c3n[nH]c4cc(=O)n(-c5c(C)cccc5F)nc34)cn2)CC1. The molecule has 0 aliphatic carbocycles. The summed E-state index contributed by atoms with van der Waals surface area (Å²) in [5.41, 5.74) is 2.66. The normalized spacial score (nSPS) is 14.9. The minimum Gasteiger partial charge on any atom is -0.354 e. The fraction of sp³-hybridized carbons (Fsp3) is 0.304. The molecule has 4 aromatic rings. The Morgan fingerprint density at radius 1 is 1.12 bits per heavy atom. The number of aromatic amines is 1. The minimum absolute atomic E-state index is 0.145. The number of para-hydroxylation sites is 1. The lowest BCUT2D eigenvalue weighted by atomic mass is 10.1. The third-order valence-electron chi connectivity index (χ3n) is 6.01. The van der Waals surface area contributed by atoms with Gasteiger partial charge in [0.2, 0.25) is 0 Å². The van der Waals surface area contributed by atoms with Crippen LogP contribution in [-0.2, 0) is 0 Å². The molecule has 0 spiro atoms. The number of hydrogen-bond donors (Lipinski definition) is 1. The first-order valence-electron chi connectivity index (χ1n) is 10.7. The van der Waals surface area contributed by atoms with Gasteiger partial charge in [0.05, 0.1) is 5.52 Å². The van der Waals surface area contributed by atoms with Gasteiger partial charge in [-0.15, -0.1) is 0 Å². The van der Waals surface area contributed by atoms with Crippen LogP contribution >= 0.6 is 0 Å². The van der Waals surface area contributed by atoms with Crippen LogP contribution in [0.1, 0.15) is 12.5 Å². The van der Waals surface area contributed by atoms with E-state index in [1.807, 2.05) is 12.1 Å². The fourth-order valence-corrected chi connectivity index (χ4v) is 4.14. The summed E-state index contributed by atoms with van der Waals surface area (Å²) in [5, 5.41) is 11.7. The molecule has 1 N–H and O–H groups in total. The van der Waals surface area contributed by atoms with E-state index >= 15 is 0 Å². The number of pyridine rings is 1. The molecule has 0 unspecified atom stereocenters. The topological polar surface area (TPSA) is 82.9 Å². The minimum atomic E-state index is -0.502. The van der Waals surface area contributed by atoms with E-state index in [9.17, 15) is 9.18 Å². The average molecular weight is 433 g/mol. The monoisotopic (exact) mass is 433 g/mol. The predicted molar refractivity (Wildman–Crippen MR) is 122 cm³/mol. The van der Waals surface area contributed by atoms with Crippen molar-refractivity contribution in [3.8, 4) is 16.9 Å². The number of fused-ring (bicyclic) bond motifs is 1. The molecular weight excluding hydrogens is 409 g/mol. The number of benzene rings is 1. The first-order valence-corrected chi connectivity index (χ1v) is 10.7. The highest BCUT2D eigenvalue weighted by Crippen LogP contribution is 2.26. The molecule has 1 aliphatic rings. The zero-order valence-electron chi connectivity index (χ0n) is 18.0. The van der Waals surface area contributed by atoms with Crippen molar-refractivity contribution in [2.45, 2.75) is 13.8 Å². The van der Waals surface area contributed by atoms with Gasteiger partial charge in [-0.3, -0.25) is 9.89 Å². The van der Waals surface area contributed by atoms with Gasteiger partial charge in [-0.2, -0.15) is 14.9 Å². The number of likely N-dealkylation sites (N-methyl/N-ethyl adjacent to an activating group) is 1. The Balaban J connectivity index is 1.51. The number of hydrogen-bond acceptors (Lipinski definition) is 6. The van der Waals surface area contributed by atoms with Crippen LogP contribution in [0.3, 0.4) is 0 Å².